The van der Waals surface area contributed by atoms with Gasteiger partial charge in [0.1, 0.15) is 0 Å². The van der Waals surface area contributed by atoms with E-state index in [-0.39, 0.29) is 17.4 Å². The zero-order valence-corrected chi connectivity index (χ0v) is 22.7. The fourth-order valence-electron chi connectivity index (χ4n) is 4.72. The predicted molar refractivity (Wildman–Crippen MR) is 147 cm³/mol. The number of hydrogen-bond donors (Lipinski definition) is 4. The summed E-state index contributed by atoms with van der Waals surface area (Å²) < 4.78 is 5.89. The van der Waals surface area contributed by atoms with E-state index in [0.29, 0.717) is 6.16 Å². The molecule has 2 aromatic rings. The molecule has 0 aliphatic heterocycles. The average Bonchev–Trinajstić information content (AvgIpc) is 2.82. The van der Waals surface area contributed by atoms with E-state index in [1.807, 2.05) is 31.2 Å². The molecule has 0 fully saturated rings. The second-order valence-electron chi connectivity index (χ2n) is 9.87. The first-order valence-electron chi connectivity index (χ1n) is 13.5. The minimum atomic E-state index is -3.81. The molecule has 0 spiro atoms. The van der Waals surface area contributed by atoms with Crippen LogP contribution in [0.5, 0.6) is 11.5 Å². The summed E-state index contributed by atoms with van der Waals surface area (Å²) in [6.45, 7) is 4.10. The van der Waals surface area contributed by atoms with Gasteiger partial charge in [-0.15, -0.1) is 0 Å². The van der Waals surface area contributed by atoms with Crippen LogP contribution in [0.1, 0.15) is 108 Å². The van der Waals surface area contributed by atoms with Gasteiger partial charge in [0.25, 0.3) is 0 Å². The zero-order valence-electron chi connectivity index (χ0n) is 21.7. The van der Waals surface area contributed by atoms with Gasteiger partial charge in [-0.25, -0.2) is 0 Å². The number of phenols is 2. The van der Waals surface area contributed by atoms with Crippen molar-refractivity contribution in [1.82, 2.24) is 0 Å². The van der Waals surface area contributed by atoms with Crippen LogP contribution in [-0.4, -0.2) is 32.3 Å². The molecular formula is C29H47O5P. The molecule has 35 heavy (non-hydrogen) atoms. The third-order valence-electron chi connectivity index (χ3n) is 6.70. The van der Waals surface area contributed by atoms with E-state index in [2.05, 4.69) is 6.92 Å². The van der Waals surface area contributed by atoms with Crippen LogP contribution in [-0.2, 0) is 4.52 Å². The Hall–Kier alpha value is -1.65. The number of unbranched alkanes of at least 4 members (excludes halogenated alkanes) is 11. The van der Waals surface area contributed by atoms with Crippen molar-refractivity contribution in [1.29, 1.82) is 0 Å². The van der Waals surface area contributed by atoms with Crippen molar-refractivity contribution >= 4 is 7.94 Å². The van der Waals surface area contributed by atoms with Gasteiger partial charge in [-0.05, 0) is 0 Å². The van der Waals surface area contributed by atoms with Crippen LogP contribution in [0.25, 0.3) is 0 Å². The van der Waals surface area contributed by atoms with Crippen LogP contribution in [0.15, 0.2) is 48.5 Å². The molecule has 5 nitrogen and oxygen atoms in total. The molecule has 2 aromatic carbocycles. The molecule has 0 aliphatic carbocycles. The summed E-state index contributed by atoms with van der Waals surface area (Å²) in [6, 6.07) is 13.7. The van der Waals surface area contributed by atoms with E-state index in [0.717, 1.165) is 30.4 Å². The molecule has 0 aliphatic rings. The zero-order chi connectivity index (χ0) is 25.5. The Morgan fingerprint density at radius 1 is 0.629 bits per heavy atom. The van der Waals surface area contributed by atoms with E-state index in [9.17, 15) is 20.0 Å². The van der Waals surface area contributed by atoms with Crippen molar-refractivity contribution < 1.29 is 24.5 Å². The number of rotatable bonds is 18. The van der Waals surface area contributed by atoms with Crippen molar-refractivity contribution in [2.24, 2.45) is 0 Å². The van der Waals surface area contributed by atoms with Gasteiger partial charge in [-0.3, -0.25) is 0 Å². The molecule has 1 atom stereocenters. The first-order valence-corrected chi connectivity index (χ1v) is 15.5. The van der Waals surface area contributed by atoms with Gasteiger partial charge in [-0.1, -0.05) is 13.3 Å². The van der Waals surface area contributed by atoms with Crippen molar-refractivity contribution in [3.8, 4) is 11.5 Å². The molecule has 2 rings (SSSR count). The van der Waals surface area contributed by atoms with E-state index in [1.165, 1.54) is 57.8 Å². The van der Waals surface area contributed by atoms with Gasteiger partial charge >= 0.3 is 199 Å². The van der Waals surface area contributed by atoms with Crippen molar-refractivity contribution in [2.75, 3.05) is 6.16 Å². The fourth-order valence-corrected chi connectivity index (χ4v) is 6.28. The Morgan fingerprint density at radius 3 is 1.40 bits per heavy atom. The Labute approximate surface area is 212 Å². The Bertz CT molecular complexity index is 761. The molecule has 0 saturated carbocycles. The molecule has 0 bridgehead atoms. The van der Waals surface area contributed by atoms with Crippen LogP contribution in [0.4, 0.5) is 0 Å². The van der Waals surface area contributed by atoms with Crippen molar-refractivity contribution in [2.45, 2.75) is 103 Å². The van der Waals surface area contributed by atoms with Crippen molar-refractivity contribution in [3.05, 3.63) is 59.7 Å². The SMILES string of the molecule is CCCCCCCCCCCCCC[PH](O)(O)OC(C)C(c1ccc(O)cc1)c1ccc(O)cc1. The number of benzene rings is 2. The summed E-state index contributed by atoms with van der Waals surface area (Å²) in [6.07, 6.45) is 14.6. The Morgan fingerprint density at radius 2 is 1.00 bits per heavy atom. The average molecular weight is 507 g/mol. The summed E-state index contributed by atoms with van der Waals surface area (Å²) in [5.41, 5.74) is 1.80. The van der Waals surface area contributed by atoms with Gasteiger partial charge in [0.15, 0.2) is 0 Å². The van der Waals surface area contributed by atoms with E-state index < -0.39 is 14.0 Å². The first kappa shape index (κ1) is 29.6. The third kappa shape index (κ3) is 11.8. The summed E-state index contributed by atoms with van der Waals surface area (Å²) in [5.74, 6) is 0.0860. The van der Waals surface area contributed by atoms with Gasteiger partial charge in [0, 0.05) is 0 Å². The van der Waals surface area contributed by atoms with Crippen LogP contribution < -0.4 is 0 Å². The van der Waals surface area contributed by atoms with Crippen LogP contribution in [0.2, 0.25) is 0 Å². The van der Waals surface area contributed by atoms with E-state index in [4.69, 9.17) is 4.52 Å². The van der Waals surface area contributed by atoms with E-state index in [1.54, 1.807) is 24.3 Å². The first-order chi connectivity index (χ1) is 16.8. The Balaban J connectivity index is 1.77. The predicted octanol–water partition coefficient (Wildman–Crippen LogP) is 7.82. The van der Waals surface area contributed by atoms with Crippen LogP contribution in [0, 0.1) is 0 Å². The topological polar surface area (TPSA) is 90.2 Å². The molecule has 6 heteroatoms. The molecule has 0 heterocycles. The molecule has 0 radical (unpaired) electrons. The monoisotopic (exact) mass is 506 g/mol. The molecule has 0 aromatic heterocycles. The fraction of sp³-hybridized carbons (Fsp3) is 0.586. The molecule has 4 N–H and O–H groups in total. The van der Waals surface area contributed by atoms with Gasteiger partial charge in [-0.2, -0.15) is 0 Å². The van der Waals surface area contributed by atoms with Crippen LogP contribution in [0.3, 0.4) is 0 Å². The number of aromatic hydroxyl groups is 2. The maximum atomic E-state index is 10.7. The maximum absolute atomic E-state index is 10.7. The minimum absolute atomic E-state index is 0.173. The molecule has 0 saturated heterocycles. The normalized spacial score (nSPS) is 13.3. The molecular weight excluding hydrogens is 459 g/mol. The number of phenolic OH excluding ortho intramolecular Hbond substituents is 2. The standard InChI is InChI=1S/C29H47O5P/c1-3-4-5-6-7-8-9-10-11-12-13-14-23-35(32,33)34-24(2)29(25-15-19-27(30)20-16-25)26-17-21-28(31)22-18-26/h15-22,24,29-33,35H,3-14,23H2,1-2H3. The number of hydrogen-bond acceptors (Lipinski definition) is 5. The molecule has 0 amide bonds. The summed E-state index contributed by atoms with van der Waals surface area (Å²) in [4.78, 5) is 21.3. The second kappa shape index (κ2) is 16.2. The van der Waals surface area contributed by atoms with E-state index >= 15 is 0 Å². The Kier molecular flexibility index (Phi) is 13.7. The molecule has 198 valence electrons. The summed E-state index contributed by atoms with van der Waals surface area (Å²) in [7, 11) is -3.81. The van der Waals surface area contributed by atoms with Gasteiger partial charge in [0.05, 0.1) is 0 Å². The quantitative estimate of drug-likeness (QED) is 0.122. The second-order valence-corrected chi connectivity index (χ2v) is 12.1. The van der Waals surface area contributed by atoms with Crippen molar-refractivity contribution in [3.63, 3.8) is 0 Å². The van der Waals surface area contributed by atoms with Crippen LogP contribution >= 0.6 is 7.94 Å². The molecule has 1 unspecified atom stereocenters. The van der Waals surface area contributed by atoms with Gasteiger partial charge < -0.3 is 0 Å². The summed E-state index contributed by atoms with van der Waals surface area (Å²) >= 11 is 0. The third-order valence-corrected chi connectivity index (χ3v) is 8.46. The summed E-state index contributed by atoms with van der Waals surface area (Å²) in [5, 5.41) is 19.3. The van der Waals surface area contributed by atoms with Gasteiger partial charge in [0.2, 0.25) is 0 Å².